The van der Waals surface area contributed by atoms with Crippen LogP contribution in [0.5, 0.6) is 0 Å². The zero-order valence-corrected chi connectivity index (χ0v) is 10.5. The van der Waals surface area contributed by atoms with E-state index in [0.717, 1.165) is 30.8 Å². The van der Waals surface area contributed by atoms with Gasteiger partial charge in [0.2, 0.25) is 6.29 Å². The topological polar surface area (TPSA) is 53.5 Å². The van der Waals surface area contributed by atoms with Crippen molar-refractivity contribution in [2.24, 2.45) is 0 Å². The third-order valence-electron chi connectivity index (χ3n) is 3.31. The lowest BCUT2D eigenvalue weighted by atomic mass is 9.79. The first-order chi connectivity index (χ1) is 8.25. The van der Waals surface area contributed by atoms with Crippen molar-refractivity contribution in [1.29, 1.82) is 0 Å². The van der Waals surface area contributed by atoms with Gasteiger partial charge in [0.1, 0.15) is 11.3 Å². The molecule has 1 aliphatic carbocycles. The van der Waals surface area contributed by atoms with Gasteiger partial charge in [-0.2, -0.15) is 0 Å². The van der Waals surface area contributed by atoms with Crippen LogP contribution in [0.2, 0.25) is 0 Å². The Morgan fingerprint density at radius 3 is 2.41 bits per heavy atom. The molecule has 17 heavy (non-hydrogen) atoms. The van der Waals surface area contributed by atoms with Gasteiger partial charge in [-0.15, -0.1) is 0 Å². The van der Waals surface area contributed by atoms with Crippen molar-refractivity contribution in [2.75, 3.05) is 21.3 Å². The van der Waals surface area contributed by atoms with Crippen LogP contribution in [0.1, 0.15) is 37.1 Å². The summed E-state index contributed by atoms with van der Waals surface area (Å²) in [5, 5.41) is 0. The van der Waals surface area contributed by atoms with E-state index in [1.165, 1.54) is 0 Å². The predicted molar refractivity (Wildman–Crippen MR) is 61.3 cm³/mol. The van der Waals surface area contributed by atoms with Crippen LogP contribution >= 0.6 is 0 Å². The van der Waals surface area contributed by atoms with E-state index in [9.17, 15) is 0 Å². The molecule has 0 atom stereocenters. The van der Waals surface area contributed by atoms with Gasteiger partial charge < -0.3 is 14.2 Å². The predicted octanol–water partition coefficient (Wildman–Crippen LogP) is 1.79. The van der Waals surface area contributed by atoms with Gasteiger partial charge in [0, 0.05) is 27.5 Å². The molecule has 0 aromatic carbocycles. The molecule has 94 valence electrons. The minimum Gasteiger partial charge on any atom is -0.370 e. The van der Waals surface area contributed by atoms with Crippen molar-refractivity contribution in [3.8, 4) is 0 Å². The Morgan fingerprint density at radius 2 is 1.94 bits per heavy atom. The molecule has 0 aliphatic heterocycles. The fraction of sp³-hybridized carbons (Fsp3) is 0.667. The second kappa shape index (κ2) is 5.08. The Bertz CT molecular complexity index is 370. The fourth-order valence-corrected chi connectivity index (χ4v) is 2.08. The first-order valence-corrected chi connectivity index (χ1v) is 5.70. The fourth-order valence-electron chi connectivity index (χ4n) is 2.08. The van der Waals surface area contributed by atoms with Crippen LogP contribution in [0.3, 0.4) is 0 Å². The second-order valence-corrected chi connectivity index (χ2v) is 4.16. The molecule has 1 aromatic rings. The smallest absolute Gasteiger partial charge is 0.200 e. The number of methoxy groups -OCH3 is 3. The largest absolute Gasteiger partial charge is 0.370 e. The van der Waals surface area contributed by atoms with Crippen LogP contribution in [0, 0.1) is 0 Å². The van der Waals surface area contributed by atoms with Crippen molar-refractivity contribution in [3.63, 3.8) is 0 Å². The molecule has 5 heteroatoms. The van der Waals surface area contributed by atoms with Crippen molar-refractivity contribution in [1.82, 2.24) is 9.97 Å². The minimum absolute atomic E-state index is 0.304. The number of hydrogen-bond acceptors (Lipinski definition) is 5. The number of ether oxygens (including phenoxy) is 3. The Labute approximate surface area is 101 Å². The summed E-state index contributed by atoms with van der Waals surface area (Å²) in [6.07, 6.45) is 4.36. The van der Waals surface area contributed by atoms with E-state index >= 15 is 0 Å². The highest BCUT2D eigenvalue weighted by Gasteiger charge is 2.41. The van der Waals surface area contributed by atoms with Crippen LogP contribution < -0.4 is 0 Å². The maximum absolute atomic E-state index is 5.56. The van der Waals surface area contributed by atoms with Gasteiger partial charge in [0.25, 0.3) is 0 Å². The lowest BCUT2D eigenvalue weighted by Gasteiger charge is -2.38. The molecule has 0 radical (unpaired) electrons. The van der Waals surface area contributed by atoms with Gasteiger partial charge in [-0.25, -0.2) is 9.97 Å². The van der Waals surface area contributed by atoms with Crippen molar-refractivity contribution in [2.45, 2.75) is 31.2 Å². The molecule has 0 N–H and O–H groups in total. The molecule has 1 aliphatic rings. The van der Waals surface area contributed by atoms with Crippen molar-refractivity contribution in [3.05, 3.63) is 23.8 Å². The van der Waals surface area contributed by atoms with E-state index in [1.807, 2.05) is 0 Å². The van der Waals surface area contributed by atoms with Gasteiger partial charge >= 0.3 is 0 Å². The van der Waals surface area contributed by atoms with Crippen LogP contribution in [0.25, 0.3) is 0 Å². The van der Waals surface area contributed by atoms with E-state index in [-0.39, 0.29) is 5.60 Å². The molecular weight excluding hydrogens is 220 g/mol. The highest BCUT2D eigenvalue weighted by atomic mass is 16.7. The van der Waals surface area contributed by atoms with Crippen LogP contribution in [0.4, 0.5) is 0 Å². The highest BCUT2D eigenvalue weighted by Crippen LogP contribution is 2.42. The van der Waals surface area contributed by atoms with E-state index in [1.54, 1.807) is 33.6 Å². The minimum atomic E-state index is -0.453. The zero-order chi connectivity index (χ0) is 12.3. The molecular formula is C12H18N2O3. The standard InChI is InChI=1S/C12H18N2O3/c1-15-10(16-2)9-5-8-13-11(14-9)12(17-3)6-4-7-12/h5,8,10H,4,6-7H2,1-3H3. The van der Waals surface area contributed by atoms with Gasteiger partial charge in [-0.05, 0) is 25.3 Å². The van der Waals surface area contributed by atoms with E-state index in [2.05, 4.69) is 9.97 Å². The van der Waals surface area contributed by atoms with Crippen molar-refractivity contribution < 1.29 is 14.2 Å². The Morgan fingerprint density at radius 1 is 1.24 bits per heavy atom. The summed E-state index contributed by atoms with van der Waals surface area (Å²) >= 11 is 0. The summed E-state index contributed by atoms with van der Waals surface area (Å²) in [7, 11) is 4.89. The Balaban J connectivity index is 2.27. The molecule has 0 saturated heterocycles. The van der Waals surface area contributed by atoms with Gasteiger partial charge in [0.05, 0.1) is 0 Å². The number of rotatable bonds is 5. The maximum Gasteiger partial charge on any atom is 0.200 e. The molecule has 5 nitrogen and oxygen atoms in total. The average molecular weight is 238 g/mol. The van der Waals surface area contributed by atoms with Gasteiger partial charge in [-0.3, -0.25) is 0 Å². The molecule has 1 heterocycles. The first-order valence-electron chi connectivity index (χ1n) is 5.70. The van der Waals surface area contributed by atoms with Crippen LogP contribution in [-0.4, -0.2) is 31.3 Å². The van der Waals surface area contributed by atoms with Crippen LogP contribution in [0.15, 0.2) is 12.3 Å². The monoisotopic (exact) mass is 238 g/mol. The molecule has 0 unspecified atom stereocenters. The SMILES string of the molecule is COC(OC)c1ccnc(C2(OC)CCC2)n1. The number of aromatic nitrogens is 2. The van der Waals surface area contributed by atoms with E-state index in [0.29, 0.717) is 0 Å². The Kier molecular flexibility index (Phi) is 3.71. The molecule has 2 rings (SSSR count). The summed E-state index contributed by atoms with van der Waals surface area (Å²) in [6, 6.07) is 1.79. The third-order valence-corrected chi connectivity index (χ3v) is 3.31. The first kappa shape index (κ1) is 12.4. The van der Waals surface area contributed by atoms with E-state index in [4.69, 9.17) is 14.2 Å². The third kappa shape index (κ3) is 2.18. The van der Waals surface area contributed by atoms with Crippen molar-refractivity contribution >= 4 is 0 Å². The summed E-state index contributed by atoms with van der Waals surface area (Å²) < 4.78 is 15.9. The summed E-state index contributed by atoms with van der Waals surface area (Å²) in [5.74, 6) is 0.725. The Hall–Kier alpha value is -1.04. The normalized spacial score (nSPS) is 18.1. The van der Waals surface area contributed by atoms with Gasteiger partial charge in [0.15, 0.2) is 5.82 Å². The number of hydrogen-bond donors (Lipinski definition) is 0. The average Bonchev–Trinajstić information content (AvgIpc) is 2.31. The van der Waals surface area contributed by atoms with Gasteiger partial charge in [-0.1, -0.05) is 0 Å². The molecule has 1 saturated carbocycles. The molecule has 1 aromatic heterocycles. The summed E-state index contributed by atoms with van der Waals surface area (Å²) in [6.45, 7) is 0. The van der Waals surface area contributed by atoms with Crippen LogP contribution in [-0.2, 0) is 19.8 Å². The van der Waals surface area contributed by atoms with E-state index < -0.39 is 6.29 Å². The lowest BCUT2D eigenvalue weighted by Crippen LogP contribution is -2.38. The lowest BCUT2D eigenvalue weighted by molar-refractivity contribution is -0.111. The summed E-state index contributed by atoms with van der Waals surface area (Å²) in [5.41, 5.74) is 0.422. The molecule has 0 bridgehead atoms. The number of nitrogens with zero attached hydrogens (tertiary/aromatic N) is 2. The molecule has 1 fully saturated rings. The zero-order valence-electron chi connectivity index (χ0n) is 10.5. The quantitative estimate of drug-likeness (QED) is 0.732. The highest BCUT2D eigenvalue weighted by molar-refractivity contribution is 5.12. The maximum atomic E-state index is 5.56. The second-order valence-electron chi connectivity index (χ2n) is 4.16. The molecule has 0 amide bonds. The summed E-state index contributed by atoms with van der Waals surface area (Å²) in [4.78, 5) is 8.80. The molecule has 0 spiro atoms.